The molecule has 1 atom stereocenters. The van der Waals surface area contributed by atoms with E-state index in [1.807, 2.05) is 31.9 Å². The van der Waals surface area contributed by atoms with Gasteiger partial charge in [0.05, 0.1) is 15.9 Å². The van der Waals surface area contributed by atoms with Gasteiger partial charge in [0.1, 0.15) is 0 Å². The van der Waals surface area contributed by atoms with Crippen molar-refractivity contribution in [2.24, 2.45) is 0 Å². The number of carbonyl (C=O) groups excluding carboxylic acids is 1. The molecule has 0 saturated carbocycles. The second kappa shape index (κ2) is 9.05. The van der Waals surface area contributed by atoms with E-state index in [-0.39, 0.29) is 16.9 Å². The van der Waals surface area contributed by atoms with Crippen LogP contribution in [-0.4, -0.2) is 56.4 Å². The van der Waals surface area contributed by atoms with Crippen molar-refractivity contribution < 1.29 is 13.2 Å². The molecule has 0 radical (unpaired) electrons. The second-order valence-electron chi connectivity index (χ2n) is 6.41. The number of piperidine rings is 1. The third kappa shape index (κ3) is 5.21. The maximum atomic E-state index is 12.7. The van der Waals surface area contributed by atoms with Crippen molar-refractivity contribution in [3.63, 3.8) is 0 Å². The summed E-state index contributed by atoms with van der Waals surface area (Å²) < 4.78 is 24.9. The zero-order chi connectivity index (χ0) is 18.4. The molecule has 1 amide bonds. The molecule has 140 valence electrons. The Labute approximate surface area is 155 Å². The van der Waals surface area contributed by atoms with Crippen LogP contribution in [0, 0.1) is 0 Å². The smallest absolute Gasteiger partial charge is 0.235 e. The van der Waals surface area contributed by atoms with Gasteiger partial charge < -0.3 is 10.2 Å². The predicted molar refractivity (Wildman–Crippen MR) is 103 cm³/mol. The summed E-state index contributed by atoms with van der Waals surface area (Å²) in [5.41, 5.74) is 0. The van der Waals surface area contributed by atoms with E-state index in [1.165, 1.54) is 11.8 Å². The van der Waals surface area contributed by atoms with E-state index in [4.69, 9.17) is 0 Å². The maximum Gasteiger partial charge on any atom is 0.235 e. The first kappa shape index (κ1) is 20.3. The number of thioether (sulfide) groups is 1. The van der Waals surface area contributed by atoms with Gasteiger partial charge in [-0.2, -0.15) is 0 Å². The molecule has 2 rings (SSSR count). The lowest BCUT2D eigenvalue weighted by Crippen LogP contribution is -2.46. The van der Waals surface area contributed by atoms with E-state index in [0.29, 0.717) is 22.3 Å². The standard InChI is InChI=1S/C18H28N2O3S2/c1-4-13-25(22,23)17-8-6-5-7-16(17)24-14(2)18(21)20-11-9-15(19-3)10-12-20/h5-8,14-15,19H,4,9-13H2,1-3H3. The zero-order valence-electron chi connectivity index (χ0n) is 15.2. The molecule has 0 aliphatic carbocycles. The SMILES string of the molecule is CCCS(=O)(=O)c1ccccc1SC(C)C(=O)N1CCC(NC)CC1. The molecule has 25 heavy (non-hydrogen) atoms. The number of hydrogen-bond acceptors (Lipinski definition) is 5. The molecular weight excluding hydrogens is 356 g/mol. The van der Waals surface area contributed by atoms with Crippen molar-refractivity contribution in [3.8, 4) is 0 Å². The van der Waals surface area contributed by atoms with E-state index in [2.05, 4.69) is 5.32 Å². The second-order valence-corrected chi connectivity index (χ2v) is 9.87. The molecule has 1 unspecified atom stereocenters. The van der Waals surface area contributed by atoms with E-state index < -0.39 is 9.84 Å². The third-order valence-electron chi connectivity index (χ3n) is 4.52. The third-order valence-corrected chi connectivity index (χ3v) is 7.79. The van der Waals surface area contributed by atoms with Crippen LogP contribution in [0.4, 0.5) is 0 Å². The molecule has 1 aliphatic rings. The summed E-state index contributed by atoms with van der Waals surface area (Å²) in [6.07, 6.45) is 2.50. The van der Waals surface area contributed by atoms with Crippen molar-refractivity contribution >= 4 is 27.5 Å². The van der Waals surface area contributed by atoms with Crippen LogP contribution in [0.3, 0.4) is 0 Å². The zero-order valence-corrected chi connectivity index (χ0v) is 16.8. The van der Waals surface area contributed by atoms with E-state index >= 15 is 0 Å². The van der Waals surface area contributed by atoms with Gasteiger partial charge >= 0.3 is 0 Å². The van der Waals surface area contributed by atoms with Crippen LogP contribution >= 0.6 is 11.8 Å². The van der Waals surface area contributed by atoms with Gasteiger partial charge in [0.2, 0.25) is 5.91 Å². The molecule has 1 N–H and O–H groups in total. The molecule has 1 aromatic carbocycles. The van der Waals surface area contributed by atoms with E-state index in [9.17, 15) is 13.2 Å². The van der Waals surface area contributed by atoms with E-state index in [1.54, 1.807) is 18.2 Å². The van der Waals surface area contributed by atoms with Gasteiger partial charge in [-0.25, -0.2) is 8.42 Å². The molecular formula is C18H28N2O3S2. The minimum Gasteiger partial charge on any atom is -0.342 e. The van der Waals surface area contributed by atoms with Gasteiger partial charge in [-0.15, -0.1) is 11.8 Å². The largest absolute Gasteiger partial charge is 0.342 e. The molecule has 5 nitrogen and oxygen atoms in total. The number of nitrogens with zero attached hydrogens (tertiary/aromatic N) is 1. The minimum absolute atomic E-state index is 0.0854. The first-order chi connectivity index (χ1) is 11.9. The van der Waals surface area contributed by atoms with E-state index in [0.717, 1.165) is 25.9 Å². The molecule has 0 spiro atoms. The van der Waals surface area contributed by atoms with Crippen LogP contribution in [0.2, 0.25) is 0 Å². The molecule has 1 aromatic rings. The normalized spacial score (nSPS) is 17.5. The Morgan fingerprint density at radius 1 is 1.32 bits per heavy atom. The molecule has 7 heteroatoms. The van der Waals surface area contributed by atoms with Crippen LogP contribution < -0.4 is 5.32 Å². The lowest BCUT2D eigenvalue weighted by Gasteiger charge is -2.33. The summed E-state index contributed by atoms with van der Waals surface area (Å²) in [5, 5.41) is 2.96. The Kier molecular flexibility index (Phi) is 7.34. The lowest BCUT2D eigenvalue weighted by atomic mass is 10.1. The quantitative estimate of drug-likeness (QED) is 0.732. The summed E-state index contributed by atoms with van der Waals surface area (Å²) in [5.74, 6) is 0.215. The van der Waals surface area contributed by atoms with Gasteiger partial charge in [-0.05, 0) is 45.4 Å². The fourth-order valence-corrected chi connectivity index (χ4v) is 5.98. The number of benzene rings is 1. The fraction of sp³-hybridized carbons (Fsp3) is 0.611. The topological polar surface area (TPSA) is 66.5 Å². The van der Waals surface area contributed by atoms with Crippen molar-refractivity contribution in [2.75, 3.05) is 25.9 Å². The summed E-state index contributed by atoms with van der Waals surface area (Å²) in [6, 6.07) is 7.48. The van der Waals surface area contributed by atoms with Gasteiger partial charge in [0.15, 0.2) is 9.84 Å². The van der Waals surface area contributed by atoms with Crippen molar-refractivity contribution in [3.05, 3.63) is 24.3 Å². The van der Waals surface area contributed by atoms with Gasteiger partial charge in [0.25, 0.3) is 0 Å². The molecule has 1 fully saturated rings. The summed E-state index contributed by atoms with van der Waals surface area (Å²) in [6.45, 7) is 5.23. The first-order valence-corrected chi connectivity index (χ1v) is 11.4. The van der Waals surface area contributed by atoms with Crippen LogP contribution in [0.5, 0.6) is 0 Å². The average Bonchev–Trinajstić information content (AvgIpc) is 2.61. The molecule has 1 heterocycles. The predicted octanol–water partition coefficient (Wildman–Crippen LogP) is 2.56. The van der Waals surface area contributed by atoms with Crippen LogP contribution in [0.15, 0.2) is 34.1 Å². The maximum absolute atomic E-state index is 12.7. The Bertz CT molecular complexity index is 683. The number of likely N-dealkylation sites (tertiary alicyclic amines) is 1. The van der Waals surface area contributed by atoms with Crippen LogP contribution in [0.1, 0.15) is 33.1 Å². The number of amides is 1. The van der Waals surface area contributed by atoms with Crippen LogP contribution in [0.25, 0.3) is 0 Å². The fourth-order valence-electron chi connectivity index (χ4n) is 3.07. The first-order valence-electron chi connectivity index (χ1n) is 8.83. The number of hydrogen-bond donors (Lipinski definition) is 1. The molecule has 0 bridgehead atoms. The summed E-state index contributed by atoms with van der Waals surface area (Å²) >= 11 is 1.35. The molecule has 1 aliphatic heterocycles. The minimum atomic E-state index is -3.30. The van der Waals surface area contributed by atoms with Gasteiger partial charge in [-0.1, -0.05) is 19.1 Å². The highest BCUT2D eigenvalue weighted by Gasteiger charge is 2.27. The van der Waals surface area contributed by atoms with Crippen LogP contribution in [-0.2, 0) is 14.6 Å². The van der Waals surface area contributed by atoms with Crippen molar-refractivity contribution in [2.45, 2.75) is 54.2 Å². The number of sulfone groups is 1. The number of carbonyl (C=O) groups is 1. The highest BCUT2D eigenvalue weighted by molar-refractivity contribution is 8.01. The van der Waals surface area contributed by atoms with Crippen molar-refractivity contribution in [1.29, 1.82) is 0 Å². The number of rotatable bonds is 7. The van der Waals surface area contributed by atoms with Crippen molar-refractivity contribution in [1.82, 2.24) is 10.2 Å². The Morgan fingerprint density at radius 3 is 2.56 bits per heavy atom. The molecule has 0 aromatic heterocycles. The van der Waals surface area contributed by atoms with Gasteiger partial charge in [-0.3, -0.25) is 4.79 Å². The molecule has 1 saturated heterocycles. The summed E-state index contributed by atoms with van der Waals surface area (Å²) in [4.78, 5) is 15.6. The lowest BCUT2D eigenvalue weighted by molar-refractivity contribution is -0.131. The Hall–Kier alpha value is -1.05. The Morgan fingerprint density at radius 2 is 1.96 bits per heavy atom. The summed E-state index contributed by atoms with van der Waals surface area (Å²) in [7, 11) is -1.35. The highest BCUT2D eigenvalue weighted by atomic mass is 32.2. The number of nitrogens with one attached hydrogen (secondary N) is 1. The Balaban J connectivity index is 2.08. The van der Waals surface area contributed by atoms with Gasteiger partial charge in [0, 0.05) is 24.0 Å². The monoisotopic (exact) mass is 384 g/mol. The highest BCUT2D eigenvalue weighted by Crippen LogP contribution is 2.31. The average molecular weight is 385 g/mol.